The number of amides is 1. The first-order chi connectivity index (χ1) is 13.3. The van der Waals surface area contributed by atoms with Gasteiger partial charge in [0.05, 0.1) is 10.6 Å². The highest BCUT2D eigenvalue weighted by Crippen LogP contribution is 2.38. The Labute approximate surface area is 166 Å². The lowest BCUT2D eigenvalue weighted by Crippen LogP contribution is -2.42. The minimum absolute atomic E-state index is 0.0633. The molecular formula is C22H26N2O3S. The van der Waals surface area contributed by atoms with Gasteiger partial charge in [0.1, 0.15) is 0 Å². The highest BCUT2D eigenvalue weighted by Gasteiger charge is 2.37. The zero-order valence-corrected chi connectivity index (χ0v) is 17.3. The first kappa shape index (κ1) is 19.0. The molecule has 0 bridgehead atoms. The molecule has 1 atom stereocenters. The van der Waals surface area contributed by atoms with E-state index < -0.39 is 10.0 Å². The molecule has 1 fully saturated rings. The SMILES string of the molecule is Cc1ccc(NS(=O)(=O)c2ccc3c(c2)CC(C)N3C(=O)C2CCC2)c(C)c1. The van der Waals surface area contributed by atoms with E-state index >= 15 is 0 Å². The predicted molar refractivity (Wildman–Crippen MR) is 111 cm³/mol. The molecule has 0 saturated heterocycles. The molecule has 0 spiro atoms. The lowest BCUT2D eigenvalue weighted by atomic mass is 9.84. The average Bonchev–Trinajstić information content (AvgIpc) is 2.90. The van der Waals surface area contributed by atoms with Gasteiger partial charge in [-0.15, -0.1) is 0 Å². The Morgan fingerprint density at radius 1 is 1.11 bits per heavy atom. The van der Waals surface area contributed by atoms with Crippen LogP contribution in [0.5, 0.6) is 0 Å². The minimum atomic E-state index is -3.69. The van der Waals surface area contributed by atoms with E-state index in [0.29, 0.717) is 12.1 Å². The first-order valence-corrected chi connectivity index (χ1v) is 11.3. The van der Waals surface area contributed by atoms with Crippen molar-refractivity contribution in [2.75, 3.05) is 9.62 Å². The van der Waals surface area contributed by atoms with Gasteiger partial charge in [-0.2, -0.15) is 0 Å². The third kappa shape index (κ3) is 3.30. The molecule has 1 saturated carbocycles. The number of hydrogen-bond acceptors (Lipinski definition) is 3. The maximum atomic E-state index is 12.9. The average molecular weight is 399 g/mol. The van der Waals surface area contributed by atoms with Crippen LogP contribution in [0.3, 0.4) is 0 Å². The Hall–Kier alpha value is -2.34. The molecule has 6 heteroatoms. The molecule has 1 aliphatic carbocycles. The molecule has 1 unspecified atom stereocenters. The van der Waals surface area contributed by atoms with E-state index in [0.717, 1.165) is 41.6 Å². The fourth-order valence-electron chi connectivity index (χ4n) is 4.09. The number of carbonyl (C=O) groups excluding carboxylic acids is 1. The van der Waals surface area contributed by atoms with Crippen LogP contribution in [0, 0.1) is 19.8 Å². The number of nitrogens with zero attached hydrogens (tertiary/aromatic N) is 1. The fourth-order valence-corrected chi connectivity index (χ4v) is 5.28. The van der Waals surface area contributed by atoms with Crippen LogP contribution < -0.4 is 9.62 Å². The third-order valence-electron chi connectivity index (χ3n) is 5.89. The van der Waals surface area contributed by atoms with Crippen LogP contribution >= 0.6 is 0 Å². The van der Waals surface area contributed by atoms with Gasteiger partial charge in [0.25, 0.3) is 10.0 Å². The molecule has 0 aromatic heterocycles. The van der Waals surface area contributed by atoms with E-state index in [9.17, 15) is 13.2 Å². The lowest BCUT2D eigenvalue weighted by molar-refractivity contribution is -0.125. The monoisotopic (exact) mass is 398 g/mol. The van der Waals surface area contributed by atoms with E-state index in [1.807, 2.05) is 37.8 Å². The number of hydrogen-bond donors (Lipinski definition) is 1. The van der Waals surface area contributed by atoms with E-state index in [2.05, 4.69) is 4.72 Å². The number of benzene rings is 2. The summed E-state index contributed by atoms with van der Waals surface area (Å²) in [6, 6.07) is 10.8. The van der Waals surface area contributed by atoms with Crippen molar-refractivity contribution < 1.29 is 13.2 Å². The van der Waals surface area contributed by atoms with Gasteiger partial charge >= 0.3 is 0 Å². The van der Waals surface area contributed by atoms with Crippen LogP contribution in [0.4, 0.5) is 11.4 Å². The van der Waals surface area contributed by atoms with Crippen molar-refractivity contribution in [2.24, 2.45) is 5.92 Å². The summed E-state index contributed by atoms with van der Waals surface area (Å²) in [5.41, 5.74) is 4.33. The van der Waals surface area contributed by atoms with Crippen molar-refractivity contribution in [1.82, 2.24) is 0 Å². The second-order valence-corrected chi connectivity index (χ2v) is 9.79. The van der Waals surface area contributed by atoms with Crippen molar-refractivity contribution >= 4 is 27.3 Å². The van der Waals surface area contributed by atoms with Crippen molar-refractivity contribution in [3.8, 4) is 0 Å². The minimum Gasteiger partial charge on any atom is -0.309 e. The van der Waals surface area contributed by atoms with Crippen LogP contribution in [0.1, 0.15) is 42.9 Å². The Morgan fingerprint density at radius 3 is 2.50 bits per heavy atom. The van der Waals surface area contributed by atoms with Gasteiger partial charge in [0.2, 0.25) is 5.91 Å². The summed E-state index contributed by atoms with van der Waals surface area (Å²) in [6.07, 6.45) is 3.72. The molecular weight excluding hydrogens is 372 g/mol. The number of nitrogens with one attached hydrogen (secondary N) is 1. The summed E-state index contributed by atoms with van der Waals surface area (Å²) in [6.45, 7) is 5.89. The molecule has 2 aliphatic rings. The Kier molecular flexibility index (Phi) is 4.70. The molecule has 28 heavy (non-hydrogen) atoms. The van der Waals surface area contributed by atoms with Gasteiger partial charge in [-0.1, -0.05) is 24.1 Å². The quantitative estimate of drug-likeness (QED) is 0.840. The Balaban J connectivity index is 1.62. The maximum absolute atomic E-state index is 12.9. The van der Waals surface area contributed by atoms with E-state index in [1.165, 1.54) is 0 Å². The number of rotatable bonds is 4. The topological polar surface area (TPSA) is 66.5 Å². The number of fused-ring (bicyclic) bond motifs is 1. The molecule has 5 nitrogen and oxygen atoms in total. The fraction of sp³-hybridized carbons (Fsp3) is 0.409. The predicted octanol–water partition coefficient (Wildman–Crippen LogP) is 4.18. The van der Waals surface area contributed by atoms with Gasteiger partial charge in [-0.3, -0.25) is 9.52 Å². The zero-order valence-electron chi connectivity index (χ0n) is 16.5. The van der Waals surface area contributed by atoms with Crippen molar-refractivity contribution in [3.63, 3.8) is 0 Å². The van der Waals surface area contributed by atoms with Crippen LogP contribution in [0.25, 0.3) is 0 Å². The van der Waals surface area contributed by atoms with Gasteiger partial charge in [-0.25, -0.2) is 8.42 Å². The summed E-state index contributed by atoms with van der Waals surface area (Å²) in [5, 5.41) is 0. The van der Waals surface area contributed by atoms with Crippen LogP contribution in [-0.4, -0.2) is 20.4 Å². The Morgan fingerprint density at radius 2 is 1.86 bits per heavy atom. The third-order valence-corrected chi connectivity index (χ3v) is 7.26. The molecule has 1 heterocycles. The van der Waals surface area contributed by atoms with E-state index in [1.54, 1.807) is 24.3 Å². The second-order valence-electron chi connectivity index (χ2n) is 8.10. The van der Waals surface area contributed by atoms with Crippen molar-refractivity contribution in [2.45, 2.75) is 57.4 Å². The smallest absolute Gasteiger partial charge is 0.261 e. The van der Waals surface area contributed by atoms with E-state index in [-0.39, 0.29) is 22.8 Å². The maximum Gasteiger partial charge on any atom is 0.261 e. The van der Waals surface area contributed by atoms with Gasteiger partial charge < -0.3 is 4.90 Å². The van der Waals surface area contributed by atoms with Crippen molar-refractivity contribution in [1.29, 1.82) is 0 Å². The van der Waals surface area contributed by atoms with Crippen LogP contribution in [0.15, 0.2) is 41.3 Å². The standard InChI is InChI=1S/C22H26N2O3S/c1-14-7-9-20(15(2)11-14)23-28(26,27)19-8-10-21-18(13-19)12-16(3)24(21)22(25)17-5-4-6-17/h7-11,13,16-17,23H,4-6,12H2,1-3H3. The molecule has 2 aromatic rings. The second kappa shape index (κ2) is 6.92. The number of aryl methyl sites for hydroxylation is 2. The highest BCUT2D eigenvalue weighted by molar-refractivity contribution is 7.92. The molecule has 1 aliphatic heterocycles. The largest absolute Gasteiger partial charge is 0.309 e. The Bertz CT molecular complexity index is 1040. The molecule has 1 amide bonds. The molecule has 148 valence electrons. The molecule has 0 radical (unpaired) electrons. The van der Waals surface area contributed by atoms with Crippen LogP contribution in [0.2, 0.25) is 0 Å². The molecule has 4 rings (SSSR count). The van der Waals surface area contributed by atoms with E-state index in [4.69, 9.17) is 0 Å². The summed E-state index contributed by atoms with van der Waals surface area (Å²) < 4.78 is 28.5. The number of carbonyl (C=O) groups is 1. The number of anilines is 2. The molecule has 1 N–H and O–H groups in total. The van der Waals surface area contributed by atoms with Gasteiger partial charge in [0, 0.05) is 17.6 Å². The normalized spacial score (nSPS) is 19.2. The molecule has 2 aromatic carbocycles. The first-order valence-electron chi connectivity index (χ1n) is 9.82. The summed E-state index contributed by atoms with van der Waals surface area (Å²) >= 11 is 0. The summed E-state index contributed by atoms with van der Waals surface area (Å²) in [5.74, 6) is 0.310. The van der Waals surface area contributed by atoms with Crippen molar-refractivity contribution in [3.05, 3.63) is 53.1 Å². The van der Waals surface area contributed by atoms with Gasteiger partial charge in [-0.05, 0) is 75.4 Å². The highest BCUT2D eigenvalue weighted by atomic mass is 32.2. The zero-order chi connectivity index (χ0) is 20.1. The number of sulfonamides is 1. The summed E-state index contributed by atoms with van der Waals surface area (Å²) in [4.78, 5) is 14.9. The lowest BCUT2D eigenvalue weighted by Gasteiger charge is -2.32. The van der Waals surface area contributed by atoms with Crippen LogP contribution in [-0.2, 0) is 21.2 Å². The van der Waals surface area contributed by atoms with Gasteiger partial charge in [0.15, 0.2) is 0 Å². The summed E-state index contributed by atoms with van der Waals surface area (Å²) in [7, 11) is -3.69.